The zero-order valence-electron chi connectivity index (χ0n) is 8.72. The van der Waals surface area contributed by atoms with Gasteiger partial charge in [-0.15, -0.1) is 0 Å². The van der Waals surface area contributed by atoms with Crippen molar-refractivity contribution in [1.82, 2.24) is 5.32 Å². The molecule has 13 heavy (non-hydrogen) atoms. The lowest BCUT2D eigenvalue weighted by Crippen LogP contribution is -2.18. The van der Waals surface area contributed by atoms with E-state index in [4.69, 9.17) is 5.11 Å². The first-order valence-corrected chi connectivity index (χ1v) is 6.46. The van der Waals surface area contributed by atoms with Crippen LogP contribution in [0, 0.1) is 0 Å². The molecule has 0 fully saturated rings. The van der Waals surface area contributed by atoms with Crippen LogP contribution in [0.5, 0.6) is 0 Å². The molecule has 0 spiro atoms. The number of hydrogen-bond donors (Lipinski definition) is 2. The van der Waals surface area contributed by atoms with Crippen LogP contribution >= 0.6 is 11.8 Å². The molecule has 0 rings (SSSR count). The largest absolute Gasteiger partial charge is 0.396 e. The van der Waals surface area contributed by atoms with E-state index in [1.807, 2.05) is 11.8 Å². The molecule has 0 saturated heterocycles. The van der Waals surface area contributed by atoms with Crippen LogP contribution in [0.15, 0.2) is 0 Å². The van der Waals surface area contributed by atoms with E-state index < -0.39 is 0 Å². The van der Waals surface area contributed by atoms with Crippen molar-refractivity contribution in [1.29, 1.82) is 0 Å². The van der Waals surface area contributed by atoms with Gasteiger partial charge in [0.1, 0.15) is 0 Å². The highest BCUT2D eigenvalue weighted by atomic mass is 32.2. The van der Waals surface area contributed by atoms with Crippen molar-refractivity contribution in [2.75, 3.05) is 31.2 Å². The Morgan fingerprint density at radius 1 is 1.08 bits per heavy atom. The molecule has 0 heterocycles. The van der Waals surface area contributed by atoms with Crippen LogP contribution in [0.2, 0.25) is 0 Å². The van der Waals surface area contributed by atoms with E-state index in [1.54, 1.807) is 0 Å². The minimum Gasteiger partial charge on any atom is -0.396 e. The summed E-state index contributed by atoms with van der Waals surface area (Å²) in [6.07, 6.45) is 4.62. The van der Waals surface area contributed by atoms with Crippen LogP contribution in [0.25, 0.3) is 0 Å². The maximum Gasteiger partial charge on any atom is 0.0431 e. The van der Waals surface area contributed by atoms with Gasteiger partial charge in [0.15, 0.2) is 0 Å². The normalized spacial score (nSPS) is 10.6. The predicted molar refractivity (Wildman–Crippen MR) is 61.4 cm³/mol. The van der Waals surface area contributed by atoms with Crippen molar-refractivity contribution in [3.63, 3.8) is 0 Å². The first-order valence-electron chi connectivity index (χ1n) is 5.31. The Morgan fingerprint density at radius 2 is 1.85 bits per heavy atom. The van der Waals surface area contributed by atoms with E-state index in [-0.39, 0.29) is 0 Å². The lowest BCUT2D eigenvalue weighted by molar-refractivity contribution is 0.282. The summed E-state index contributed by atoms with van der Waals surface area (Å²) in [5.74, 6) is 2.45. The predicted octanol–water partition coefficient (Wildman–Crippen LogP) is 1.88. The molecule has 0 radical (unpaired) electrons. The van der Waals surface area contributed by atoms with E-state index in [0.717, 1.165) is 19.5 Å². The van der Waals surface area contributed by atoms with Crippen LogP contribution in [0.4, 0.5) is 0 Å². The molecule has 0 amide bonds. The van der Waals surface area contributed by atoms with Gasteiger partial charge in [0, 0.05) is 18.9 Å². The van der Waals surface area contributed by atoms with Gasteiger partial charge in [0.05, 0.1) is 0 Å². The number of hydrogen-bond acceptors (Lipinski definition) is 3. The number of aliphatic hydroxyl groups excluding tert-OH is 1. The molecule has 0 aliphatic heterocycles. The summed E-state index contributed by atoms with van der Waals surface area (Å²) in [7, 11) is 0. The molecule has 0 aromatic carbocycles. The molecule has 0 atom stereocenters. The quantitative estimate of drug-likeness (QED) is 0.534. The first-order chi connectivity index (χ1) is 6.41. The fourth-order valence-corrected chi connectivity index (χ4v) is 1.71. The minimum atomic E-state index is 0.348. The number of thioether (sulfide) groups is 1. The Kier molecular flexibility index (Phi) is 12.5. The van der Waals surface area contributed by atoms with Crippen molar-refractivity contribution in [2.45, 2.75) is 32.6 Å². The van der Waals surface area contributed by atoms with Gasteiger partial charge in [0.25, 0.3) is 0 Å². The van der Waals surface area contributed by atoms with Crippen LogP contribution < -0.4 is 5.32 Å². The molecule has 80 valence electrons. The molecular formula is C10H23NOS. The number of nitrogens with one attached hydrogen (secondary N) is 1. The third-order valence-corrected chi connectivity index (χ3v) is 2.79. The molecule has 0 aliphatic carbocycles. The van der Waals surface area contributed by atoms with Gasteiger partial charge in [-0.25, -0.2) is 0 Å². The molecule has 0 bridgehead atoms. The van der Waals surface area contributed by atoms with Gasteiger partial charge in [-0.3, -0.25) is 0 Å². The Hall–Kier alpha value is 0.270. The van der Waals surface area contributed by atoms with Gasteiger partial charge in [-0.1, -0.05) is 19.8 Å². The third-order valence-electron chi connectivity index (χ3n) is 1.89. The smallest absolute Gasteiger partial charge is 0.0431 e. The fourth-order valence-electron chi connectivity index (χ4n) is 1.13. The molecule has 0 saturated carbocycles. The van der Waals surface area contributed by atoms with Crippen LogP contribution in [-0.4, -0.2) is 36.3 Å². The summed E-state index contributed by atoms with van der Waals surface area (Å²) in [4.78, 5) is 0. The Labute approximate surface area is 86.5 Å². The van der Waals surface area contributed by atoms with E-state index in [9.17, 15) is 0 Å². The summed E-state index contributed by atoms with van der Waals surface area (Å²) in [5, 5.41) is 12.0. The topological polar surface area (TPSA) is 32.3 Å². The number of aliphatic hydroxyl groups is 1. The van der Waals surface area contributed by atoms with E-state index >= 15 is 0 Å². The molecule has 0 unspecified atom stereocenters. The average Bonchev–Trinajstić information content (AvgIpc) is 2.16. The molecule has 0 aliphatic rings. The van der Waals surface area contributed by atoms with E-state index in [2.05, 4.69) is 12.2 Å². The maximum atomic E-state index is 8.55. The highest BCUT2D eigenvalue weighted by Gasteiger charge is 1.89. The van der Waals surface area contributed by atoms with Gasteiger partial charge in [0.2, 0.25) is 0 Å². The van der Waals surface area contributed by atoms with Crippen molar-refractivity contribution in [3.8, 4) is 0 Å². The third kappa shape index (κ3) is 12.3. The molecule has 0 aromatic heterocycles. The molecule has 3 heteroatoms. The van der Waals surface area contributed by atoms with Gasteiger partial charge < -0.3 is 10.4 Å². The number of rotatable bonds is 10. The van der Waals surface area contributed by atoms with Crippen molar-refractivity contribution < 1.29 is 5.11 Å². The van der Waals surface area contributed by atoms with E-state index in [1.165, 1.54) is 30.8 Å². The highest BCUT2D eigenvalue weighted by molar-refractivity contribution is 7.99. The SMILES string of the molecule is CCSCCNCCCCCCO. The maximum absolute atomic E-state index is 8.55. The standard InChI is InChI=1S/C10H23NOS/c1-2-13-10-8-11-7-5-3-4-6-9-12/h11-12H,2-10H2,1H3. The molecular weight excluding hydrogens is 182 g/mol. The van der Waals surface area contributed by atoms with Crippen molar-refractivity contribution >= 4 is 11.8 Å². The first kappa shape index (κ1) is 13.3. The Morgan fingerprint density at radius 3 is 2.54 bits per heavy atom. The fraction of sp³-hybridized carbons (Fsp3) is 1.00. The average molecular weight is 205 g/mol. The lowest BCUT2D eigenvalue weighted by Gasteiger charge is -2.03. The second-order valence-electron chi connectivity index (χ2n) is 3.08. The summed E-state index contributed by atoms with van der Waals surface area (Å²) < 4.78 is 0. The van der Waals surface area contributed by atoms with Gasteiger partial charge in [-0.05, 0) is 25.1 Å². The van der Waals surface area contributed by atoms with E-state index in [0.29, 0.717) is 6.61 Å². The van der Waals surface area contributed by atoms with Crippen LogP contribution in [0.3, 0.4) is 0 Å². The van der Waals surface area contributed by atoms with Gasteiger partial charge >= 0.3 is 0 Å². The number of unbranched alkanes of at least 4 members (excludes halogenated alkanes) is 3. The lowest BCUT2D eigenvalue weighted by atomic mass is 10.2. The summed E-state index contributed by atoms with van der Waals surface area (Å²) in [6, 6.07) is 0. The van der Waals surface area contributed by atoms with Gasteiger partial charge in [-0.2, -0.15) is 11.8 Å². The molecule has 2 N–H and O–H groups in total. The van der Waals surface area contributed by atoms with Crippen LogP contribution in [-0.2, 0) is 0 Å². The summed E-state index contributed by atoms with van der Waals surface area (Å²) in [6.45, 7) is 4.81. The summed E-state index contributed by atoms with van der Waals surface area (Å²) in [5.41, 5.74) is 0. The monoisotopic (exact) mass is 205 g/mol. The van der Waals surface area contributed by atoms with Crippen molar-refractivity contribution in [3.05, 3.63) is 0 Å². The molecule has 2 nitrogen and oxygen atoms in total. The summed E-state index contributed by atoms with van der Waals surface area (Å²) >= 11 is 1.98. The zero-order chi connectivity index (χ0) is 9.78. The van der Waals surface area contributed by atoms with Crippen molar-refractivity contribution in [2.24, 2.45) is 0 Å². The Bertz CT molecular complexity index is 81.0. The second-order valence-corrected chi connectivity index (χ2v) is 4.48. The Balaban J connectivity index is 2.76. The molecule has 0 aromatic rings. The van der Waals surface area contributed by atoms with Crippen LogP contribution in [0.1, 0.15) is 32.6 Å². The minimum absolute atomic E-state index is 0.348. The zero-order valence-corrected chi connectivity index (χ0v) is 9.54. The highest BCUT2D eigenvalue weighted by Crippen LogP contribution is 1.98. The second kappa shape index (κ2) is 12.3.